The minimum absolute atomic E-state index is 0.0304. The Kier molecular flexibility index (Phi) is 7.17. The number of likely N-dealkylation sites (N-methyl/N-ethyl adjacent to an activating group) is 1. The molecule has 5 nitrogen and oxygen atoms in total. The molecule has 31 heavy (non-hydrogen) atoms. The molecule has 0 aliphatic carbocycles. The highest BCUT2D eigenvalue weighted by atomic mass is 19.4. The number of benzene rings is 2. The fourth-order valence-electron chi connectivity index (χ4n) is 3.66. The number of aryl methyl sites for hydroxylation is 1. The molecule has 0 radical (unpaired) electrons. The summed E-state index contributed by atoms with van der Waals surface area (Å²) in [5, 5.41) is 0. The fourth-order valence-corrected chi connectivity index (χ4v) is 3.66. The first-order chi connectivity index (χ1) is 14.7. The third-order valence-electron chi connectivity index (χ3n) is 5.31. The van der Waals surface area contributed by atoms with Crippen LogP contribution in [0.2, 0.25) is 0 Å². The Bertz CT molecular complexity index is 911. The first-order valence-corrected chi connectivity index (χ1v) is 9.99. The van der Waals surface area contributed by atoms with E-state index in [1.54, 1.807) is 0 Å². The number of piperazine rings is 1. The maximum absolute atomic E-state index is 13.1. The molecule has 2 aromatic carbocycles. The summed E-state index contributed by atoms with van der Waals surface area (Å²) >= 11 is 0. The third kappa shape index (κ3) is 5.95. The Hall–Kier alpha value is -2.65. The second kappa shape index (κ2) is 9.65. The molecule has 0 spiro atoms. The van der Waals surface area contributed by atoms with Gasteiger partial charge in [-0.25, -0.2) is 4.39 Å². The van der Waals surface area contributed by atoms with Gasteiger partial charge in [0, 0.05) is 26.2 Å². The van der Waals surface area contributed by atoms with E-state index in [4.69, 9.17) is 0 Å². The van der Waals surface area contributed by atoms with E-state index >= 15 is 0 Å². The average Bonchev–Trinajstić information content (AvgIpc) is 2.73. The van der Waals surface area contributed by atoms with Crippen molar-refractivity contribution in [1.29, 1.82) is 0 Å². The zero-order valence-electron chi connectivity index (χ0n) is 17.5. The molecule has 168 valence electrons. The molecule has 1 fully saturated rings. The van der Waals surface area contributed by atoms with E-state index in [1.807, 2.05) is 43.1 Å². The number of nitrogens with zero attached hydrogens (tertiary/aromatic N) is 2. The van der Waals surface area contributed by atoms with Gasteiger partial charge in [0.25, 0.3) is 5.91 Å². The van der Waals surface area contributed by atoms with Gasteiger partial charge in [-0.1, -0.05) is 29.8 Å². The number of hydrogen-bond donors (Lipinski definition) is 2. The van der Waals surface area contributed by atoms with Gasteiger partial charge in [0.2, 0.25) is 0 Å². The molecule has 0 bridgehead atoms. The SMILES string of the molecule is Cc1cccc(C(C(=O)NNc2cc(CF)cc(C(F)(F)F)c2)N2CCN(C)CC2)c1. The summed E-state index contributed by atoms with van der Waals surface area (Å²) in [6.45, 7) is 3.85. The summed E-state index contributed by atoms with van der Waals surface area (Å²) in [5.41, 5.74) is 5.74. The van der Waals surface area contributed by atoms with Crippen LogP contribution < -0.4 is 10.9 Å². The minimum Gasteiger partial charge on any atom is -0.304 e. The predicted octanol–water partition coefficient (Wildman–Crippen LogP) is 3.92. The van der Waals surface area contributed by atoms with Crippen LogP contribution in [0.15, 0.2) is 42.5 Å². The summed E-state index contributed by atoms with van der Waals surface area (Å²) in [6.07, 6.45) is -4.62. The van der Waals surface area contributed by atoms with Crippen molar-refractivity contribution in [3.05, 3.63) is 64.7 Å². The van der Waals surface area contributed by atoms with Crippen LogP contribution in [0.1, 0.15) is 28.3 Å². The number of carbonyl (C=O) groups is 1. The van der Waals surface area contributed by atoms with Crippen molar-refractivity contribution in [2.24, 2.45) is 0 Å². The van der Waals surface area contributed by atoms with Gasteiger partial charge in [-0.2, -0.15) is 13.2 Å². The van der Waals surface area contributed by atoms with Gasteiger partial charge in [-0.3, -0.25) is 20.5 Å². The van der Waals surface area contributed by atoms with Crippen LogP contribution in [-0.2, 0) is 17.6 Å². The molecule has 1 heterocycles. The number of carbonyl (C=O) groups excluding carboxylic acids is 1. The molecular weight excluding hydrogens is 412 g/mol. The van der Waals surface area contributed by atoms with E-state index in [9.17, 15) is 22.4 Å². The van der Waals surface area contributed by atoms with E-state index in [0.717, 1.165) is 36.3 Å². The molecule has 0 saturated carbocycles. The Labute approximate surface area is 179 Å². The average molecular weight is 438 g/mol. The van der Waals surface area contributed by atoms with E-state index in [0.29, 0.717) is 13.1 Å². The van der Waals surface area contributed by atoms with Crippen molar-refractivity contribution in [1.82, 2.24) is 15.2 Å². The Morgan fingerprint density at radius 2 is 1.81 bits per heavy atom. The zero-order valence-corrected chi connectivity index (χ0v) is 17.5. The van der Waals surface area contributed by atoms with Crippen LogP contribution in [0.25, 0.3) is 0 Å². The number of rotatable bonds is 6. The zero-order chi connectivity index (χ0) is 22.6. The predicted molar refractivity (Wildman–Crippen MR) is 111 cm³/mol. The second-order valence-corrected chi connectivity index (χ2v) is 7.82. The molecule has 2 aromatic rings. The van der Waals surface area contributed by atoms with Crippen LogP contribution in [0, 0.1) is 6.92 Å². The van der Waals surface area contributed by atoms with Crippen molar-refractivity contribution in [3.63, 3.8) is 0 Å². The quantitative estimate of drug-likeness (QED) is 0.530. The topological polar surface area (TPSA) is 47.6 Å². The van der Waals surface area contributed by atoms with Gasteiger partial charge in [-0.05, 0) is 43.3 Å². The highest BCUT2D eigenvalue weighted by Gasteiger charge is 2.32. The van der Waals surface area contributed by atoms with Crippen molar-refractivity contribution in [3.8, 4) is 0 Å². The van der Waals surface area contributed by atoms with Gasteiger partial charge < -0.3 is 4.90 Å². The molecule has 1 unspecified atom stereocenters. The number of alkyl halides is 4. The number of nitrogens with one attached hydrogen (secondary N) is 2. The lowest BCUT2D eigenvalue weighted by Crippen LogP contribution is -2.50. The molecule has 0 aromatic heterocycles. The van der Waals surface area contributed by atoms with E-state index < -0.39 is 30.4 Å². The monoisotopic (exact) mass is 438 g/mol. The van der Waals surface area contributed by atoms with E-state index in [-0.39, 0.29) is 11.3 Å². The van der Waals surface area contributed by atoms with Crippen LogP contribution in [0.5, 0.6) is 0 Å². The van der Waals surface area contributed by atoms with Crippen molar-refractivity contribution < 1.29 is 22.4 Å². The van der Waals surface area contributed by atoms with Crippen LogP contribution >= 0.6 is 0 Å². The number of hydrogen-bond acceptors (Lipinski definition) is 4. The van der Waals surface area contributed by atoms with Crippen LogP contribution in [0.3, 0.4) is 0 Å². The Morgan fingerprint density at radius 3 is 2.42 bits per heavy atom. The maximum Gasteiger partial charge on any atom is 0.416 e. The molecule has 1 amide bonds. The number of halogens is 4. The highest BCUT2D eigenvalue weighted by Crippen LogP contribution is 2.32. The second-order valence-electron chi connectivity index (χ2n) is 7.82. The third-order valence-corrected chi connectivity index (χ3v) is 5.31. The smallest absolute Gasteiger partial charge is 0.304 e. The van der Waals surface area contributed by atoms with Gasteiger partial charge in [0.1, 0.15) is 12.7 Å². The molecule has 3 rings (SSSR count). The lowest BCUT2D eigenvalue weighted by molar-refractivity contribution is -0.137. The van der Waals surface area contributed by atoms with Crippen molar-refractivity contribution in [2.75, 3.05) is 38.7 Å². The Morgan fingerprint density at radius 1 is 1.10 bits per heavy atom. The molecule has 1 aliphatic heterocycles. The van der Waals surface area contributed by atoms with E-state index in [2.05, 4.69) is 15.8 Å². The van der Waals surface area contributed by atoms with E-state index in [1.165, 1.54) is 6.07 Å². The molecule has 1 aliphatic rings. The highest BCUT2D eigenvalue weighted by molar-refractivity contribution is 5.84. The van der Waals surface area contributed by atoms with Gasteiger partial charge in [0.15, 0.2) is 0 Å². The summed E-state index contributed by atoms with van der Waals surface area (Å²) in [4.78, 5) is 17.3. The lowest BCUT2D eigenvalue weighted by Gasteiger charge is -2.37. The van der Waals surface area contributed by atoms with Gasteiger partial charge in [-0.15, -0.1) is 0 Å². The normalized spacial score (nSPS) is 16.7. The first kappa shape index (κ1) is 23.0. The fraction of sp³-hybridized carbons (Fsp3) is 0.409. The molecular formula is C22H26F4N4O. The molecule has 9 heteroatoms. The first-order valence-electron chi connectivity index (χ1n) is 9.99. The summed E-state index contributed by atoms with van der Waals surface area (Å²) in [5.74, 6) is -0.394. The van der Waals surface area contributed by atoms with Crippen LogP contribution in [0.4, 0.5) is 23.2 Å². The van der Waals surface area contributed by atoms with Crippen molar-refractivity contribution >= 4 is 11.6 Å². The number of anilines is 1. The lowest BCUT2D eigenvalue weighted by atomic mass is 10.0. The maximum atomic E-state index is 13.1. The minimum atomic E-state index is -4.62. The largest absolute Gasteiger partial charge is 0.416 e. The standard InChI is InChI=1S/C22H26F4N4O/c1-15-4-3-5-17(10-15)20(30-8-6-29(2)7-9-30)21(31)28-27-19-12-16(14-23)11-18(13-19)22(24,25)26/h3-5,10-13,20,27H,6-9,14H2,1-2H3,(H,28,31). The summed E-state index contributed by atoms with van der Waals surface area (Å²) < 4.78 is 52.3. The van der Waals surface area contributed by atoms with Gasteiger partial charge >= 0.3 is 6.18 Å². The number of hydrazine groups is 1. The van der Waals surface area contributed by atoms with Crippen molar-refractivity contribution in [2.45, 2.75) is 25.8 Å². The molecule has 2 N–H and O–H groups in total. The van der Waals surface area contributed by atoms with Crippen LogP contribution in [-0.4, -0.2) is 48.9 Å². The molecule has 1 saturated heterocycles. The number of amides is 1. The summed E-state index contributed by atoms with van der Waals surface area (Å²) in [7, 11) is 2.01. The summed E-state index contributed by atoms with van der Waals surface area (Å²) in [6, 6.07) is 9.83. The Balaban J connectivity index is 1.81. The molecule has 1 atom stereocenters. The van der Waals surface area contributed by atoms with Gasteiger partial charge in [0.05, 0.1) is 11.3 Å².